The molecule has 0 unspecified atom stereocenters. The Bertz CT molecular complexity index is 930. The average Bonchev–Trinajstić information content (AvgIpc) is 2.88. The standard InChI is InChI=1S/C29H40N2O3/c1-23-10-16-31(17-11-23)15-5-14-30-28(32)29(12-18-34-19-13-29)22-24-6-3-7-25(20-24)26-8-4-9-27(21-26)33-2/h3-4,6-9,20-21,23H,5,10-19,22H2,1-2H3,(H,30,32). The molecular formula is C29H40N2O3. The predicted molar refractivity (Wildman–Crippen MR) is 137 cm³/mol. The number of carbonyl (C=O) groups excluding carboxylic acids is 1. The first kappa shape index (κ1) is 24.7. The summed E-state index contributed by atoms with van der Waals surface area (Å²) in [6.45, 7) is 7.85. The predicted octanol–water partition coefficient (Wildman–Crippen LogP) is 4.94. The van der Waals surface area contributed by atoms with Crippen LogP contribution in [0.25, 0.3) is 11.1 Å². The van der Waals surface area contributed by atoms with Gasteiger partial charge in [-0.2, -0.15) is 0 Å². The SMILES string of the molecule is COc1cccc(-c2cccc(CC3(C(=O)NCCCN4CCC(C)CC4)CCOCC3)c2)c1. The van der Waals surface area contributed by atoms with Gasteiger partial charge in [-0.3, -0.25) is 4.79 Å². The highest BCUT2D eigenvalue weighted by atomic mass is 16.5. The molecule has 0 spiro atoms. The highest BCUT2D eigenvalue weighted by molar-refractivity contribution is 5.83. The van der Waals surface area contributed by atoms with Crippen molar-refractivity contribution in [3.05, 3.63) is 54.1 Å². The molecule has 0 bridgehead atoms. The van der Waals surface area contributed by atoms with Gasteiger partial charge < -0.3 is 19.7 Å². The first-order valence-electron chi connectivity index (χ1n) is 12.9. The van der Waals surface area contributed by atoms with Crippen molar-refractivity contribution < 1.29 is 14.3 Å². The van der Waals surface area contributed by atoms with Gasteiger partial charge in [-0.25, -0.2) is 0 Å². The highest BCUT2D eigenvalue weighted by Crippen LogP contribution is 2.36. The van der Waals surface area contributed by atoms with Crippen LogP contribution in [0.15, 0.2) is 48.5 Å². The number of nitrogens with one attached hydrogen (secondary N) is 1. The molecule has 2 fully saturated rings. The maximum absolute atomic E-state index is 13.5. The van der Waals surface area contributed by atoms with Crippen LogP contribution in [-0.4, -0.2) is 57.3 Å². The van der Waals surface area contributed by atoms with Crippen LogP contribution in [0, 0.1) is 11.3 Å². The van der Waals surface area contributed by atoms with Crippen LogP contribution in [0.5, 0.6) is 5.75 Å². The lowest BCUT2D eigenvalue weighted by Crippen LogP contribution is -2.46. The minimum atomic E-state index is -0.397. The van der Waals surface area contributed by atoms with Crippen LogP contribution < -0.4 is 10.1 Å². The van der Waals surface area contributed by atoms with Crippen molar-refractivity contribution in [2.75, 3.05) is 46.5 Å². The fourth-order valence-electron chi connectivity index (χ4n) is 5.28. The second-order valence-electron chi connectivity index (χ2n) is 10.1. The van der Waals surface area contributed by atoms with Gasteiger partial charge in [0.05, 0.1) is 12.5 Å². The third-order valence-electron chi connectivity index (χ3n) is 7.62. The zero-order valence-electron chi connectivity index (χ0n) is 20.9. The molecule has 2 aromatic rings. The van der Waals surface area contributed by atoms with Crippen LogP contribution in [0.2, 0.25) is 0 Å². The molecule has 2 aromatic carbocycles. The Hall–Kier alpha value is -2.37. The normalized spacial score (nSPS) is 19.0. The molecule has 0 radical (unpaired) electrons. The molecular weight excluding hydrogens is 424 g/mol. The number of piperidine rings is 1. The summed E-state index contributed by atoms with van der Waals surface area (Å²) in [6.07, 6.45) is 5.88. The largest absolute Gasteiger partial charge is 0.497 e. The van der Waals surface area contributed by atoms with Crippen LogP contribution in [-0.2, 0) is 16.0 Å². The van der Waals surface area contributed by atoms with E-state index in [2.05, 4.69) is 53.5 Å². The van der Waals surface area contributed by atoms with E-state index in [4.69, 9.17) is 9.47 Å². The zero-order valence-corrected chi connectivity index (χ0v) is 20.9. The van der Waals surface area contributed by atoms with Crippen molar-refractivity contribution in [3.63, 3.8) is 0 Å². The fraction of sp³-hybridized carbons (Fsp3) is 0.552. The molecule has 34 heavy (non-hydrogen) atoms. The molecule has 0 saturated carbocycles. The van der Waals surface area contributed by atoms with Gasteiger partial charge in [-0.1, -0.05) is 43.3 Å². The maximum Gasteiger partial charge on any atom is 0.226 e. The summed E-state index contributed by atoms with van der Waals surface area (Å²) in [5, 5.41) is 3.29. The fourth-order valence-corrected chi connectivity index (χ4v) is 5.28. The summed E-state index contributed by atoms with van der Waals surface area (Å²) >= 11 is 0. The third kappa shape index (κ3) is 6.39. The summed E-state index contributed by atoms with van der Waals surface area (Å²) in [5.74, 6) is 1.89. The lowest BCUT2D eigenvalue weighted by Gasteiger charge is -2.36. The molecule has 2 aliphatic heterocycles. The number of likely N-dealkylation sites (tertiary alicyclic amines) is 1. The number of nitrogens with zero attached hydrogens (tertiary/aromatic N) is 1. The van der Waals surface area contributed by atoms with E-state index >= 15 is 0 Å². The van der Waals surface area contributed by atoms with Crippen molar-refractivity contribution in [1.82, 2.24) is 10.2 Å². The van der Waals surface area contributed by atoms with Crippen LogP contribution in [0.1, 0.15) is 44.6 Å². The number of ether oxygens (including phenoxy) is 2. The van der Waals surface area contributed by atoms with E-state index in [9.17, 15) is 4.79 Å². The van der Waals surface area contributed by atoms with E-state index < -0.39 is 5.41 Å². The number of hydrogen-bond donors (Lipinski definition) is 1. The molecule has 2 saturated heterocycles. The minimum absolute atomic E-state index is 0.190. The van der Waals surface area contributed by atoms with Gasteiger partial charge in [0.25, 0.3) is 0 Å². The van der Waals surface area contributed by atoms with E-state index in [0.717, 1.165) is 61.6 Å². The lowest BCUT2D eigenvalue weighted by molar-refractivity contribution is -0.136. The van der Waals surface area contributed by atoms with Gasteiger partial charge in [-0.05, 0) is 92.9 Å². The Labute approximate surface area is 204 Å². The average molecular weight is 465 g/mol. The zero-order chi connectivity index (χ0) is 23.8. The molecule has 2 heterocycles. The number of carbonyl (C=O) groups is 1. The first-order chi connectivity index (χ1) is 16.6. The van der Waals surface area contributed by atoms with Gasteiger partial charge in [0.2, 0.25) is 5.91 Å². The molecule has 5 nitrogen and oxygen atoms in total. The second-order valence-corrected chi connectivity index (χ2v) is 10.1. The van der Waals surface area contributed by atoms with E-state index in [1.54, 1.807) is 7.11 Å². The molecule has 2 aliphatic rings. The minimum Gasteiger partial charge on any atom is -0.497 e. The molecule has 0 aromatic heterocycles. The Balaban J connectivity index is 1.38. The van der Waals surface area contributed by atoms with Gasteiger partial charge in [-0.15, -0.1) is 0 Å². The second kappa shape index (κ2) is 11.9. The summed E-state index contributed by atoms with van der Waals surface area (Å²) in [6, 6.07) is 16.7. The quantitative estimate of drug-likeness (QED) is 0.534. The molecule has 184 valence electrons. The highest BCUT2D eigenvalue weighted by Gasteiger charge is 2.40. The van der Waals surface area contributed by atoms with E-state index in [1.165, 1.54) is 31.5 Å². The maximum atomic E-state index is 13.5. The smallest absolute Gasteiger partial charge is 0.226 e. The Kier molecular flexibility index (Phi) is 8.63. The summed E-state index contributed by atoms with van der Waals surface area (Å²) in [4.78, 5) is 16.0. The topological polar surface area (TPSA) is 50.8 Å². The van der Waals surface area contributed by atoms with Crippen LogP contribution >= 0.6 is 0 Å². The van der Waals surface area contributed by atoms with Crippen LogP contribution in [0.3, 0.4) is 0 Å². The summed E-state index contributed by atoms with van der Waals surface area (Å²) in [5.41, 5.74) is 3.07. The molecule has 1 amide bonds. The number of hydrogen-bond acceptors (Lipinski definition) is 4. The van der Waals surface area contributed by atoms with Crippen molar-refractivity contribution >= 4 is 5.91 Å². The number of methoxy groups -OCH3 is 1. The number of amides is 1. The molecule has 0 atom stereocenters. The molecule has 4 rings (SSSR count). The van der Waals surface area contributed by atoms with E-state index in [-0.39, 0.29) is 5.91 Å². The van der Waals surface area contributed by atoms with Crippen molar-refractivity contribution in [2.24, 2.45) is 11.3 Å². The lowest BCUT2D eigenvalue weighted by atomic mass is 9.74. The van der Waals surface area contributed by atoms with Crippen molar-refractivity contribution in [3.8, 4) is 16.9 Å². The first-order valence-corrected chi connectivity index (χ1v) is 12.9. The van der Waals surface area contributed by atoms with Gasteiger partial charge in [0.1, 0.15) is 5.75 Å². The monoisotopic (exact) mass is 464 g/mol. The molecule has 0 aliphatic carbocycles. The molecule has 1 N–H and O–H groups in total. The van der Waals surface area contributed by atoms with Crippen molar-refractivity contribution in [2.45, 2.75) is 45.4 Å². The van der Waals surface area contributed by atoms with Crippen molar-refractivity contribution in [1.29, 1.82) is 0 Å². The van der Waals surface area contributed by atoms with E-state index in [0.29, 0.717) is 13.2 Å². The Morgan fingerprint density at radius 2 is 1.79 bits per heavy atom. The Morgan fingerprint density at radius 1 is 1.09 bits per heavy atom. The van der Waals surface area contributed by atoms with E-state index in [1.807, 2.05) is 12.1 Å². The van der Waals surface area contributed by atoms with Gasteiger partial charge >= 0.3 is 0 Å². The van der Waals surface area contributed by atoms with Crippen LogP contribution in [0.4, 0.5) is 0 Å². The van der Waals surface area contributed by atoms with Gasteiger partial charge in [0, 0.05) is 19.8 Å². The molecule has 5 heteroatoms. The third-order valence-corrected chi connectivity index (χ3v) is 7.62. The number of benzene rings is 2. The van der Waals surface area contributed by atoms with Gasteiger partial charge in [0.15, 0.2) is 0 Å². The summed E-state index contributed by atoms with van der Waals surface area (Å²) in [7, 11) is 1.69. The Morgan fingerprint density at radius 3 is 2.53 bits per heavy atom. The number of rotatable bonds is 9. The summed E-state index contributed by atoms with van der Waals surface area (Å²) < 4.78 is 11.0.